The van der Waals surface area contributed by atoms with Crippen molar-refractivity contribution in [3.05, 3.63) is 88.8 Å². The second kappa shape index (κ2) is 15.0. The fraction of sp³-hybridized carbons (Fsp3) is 0.400. The van der Waals surface area contributed by atoms with Crippen molar-refractivity contribution in [2.24, 2.45) is 0 Å². The number of hydrogen-bond acceptors (Lipinski definition) is 7. The number of pyridine rings is 1. The van der Waals surface area contributed by atoms with Crippen LogP contribution in [0, 0.1) is 5.82 Å². The number of anilines is 1. The highest BCUT2D eigenvalue weighted by atomic mass is 35.5. The van der Waals surface area contributed by atoms with Gasteiger partial charge in [-0.15, -0.1) is 0 Å². The smallest absolute Gasteiger partial charge is 0.412 e. The number of amides is 3. The van der Waals surface area contributed by atoms with Crippen LogP contribution in [0.3, 0.4) is 0 Å². The van der Waals surface area contributed by atoms with E-state index in [9.17, 15) is 18.8 Å². The molecule has 0 bridgehead atoms. The number of nitrogens with one attached hydrogen (secondary N) is 1. The molecule has 2 aromatic heterocycles. The first-order valence-electron chi connectivity index (χ1n) is 15.9. The molecular formula is C35H40ClFN6O5. The third-order valence-electron chi connectivity index (χ3n) is 8.17. The number of rotatable bonds is 10. The predicted molar refractivity (Wildman–Crippen MR) is 180 cm³/mol. The fourth-order valence-electron chi connectivity index (χ4n) is 5.54. The molecule has 1 aliphatic heterocycles. The lowest BCUT2D eigenvalue weighted by Crippen LogP contribution is -2.42. The van der Waals surface area contributed by atoms with E-state index in [-0.39, 0.29) is 36.5 Å². The van der Waals surface area contributed by atoms with Crippen LogP contribution in [-0.2, 0) is 40.2 Å². The van der Waals surface area contributed by atoms with E-state index in [4.69, 9.17) is 21.1 Å². The zero-order chi connectivity index (χ0) is 34.4. The predicted octanol–water partition coefficient (Wildman–Crippen LogP) is 6.62. The van der Waals surface area contributed by atoms with Gasteiger partial charge in [0.25, 0.3) is 0 Å². The minimum atomic E-state index is -0.699. The third-order valence-corrected chi connectivity index (χ3v) is 8.59. The molecule has 254 valence electrons. The molecule has 3 heterocycles. The van der Waals surface area contributed by atoms with Gasteiger partial charge in [-0.05, 0) is 56.7 Å². The van der Waals surface area contributed by atoms with Crippen molar-refractivity contribution in [2.75, 3.05) is 25.5 Å². The van der Waals surface area contributed by atoms with E-state index in [2.05, 4.69) is 19.9 Å². The van der Waals surface area contributed by atoms with Crippen LogP contribution in [0.4, 0.5) is 19.8 Å². The minimum absolute atomic E-state index is 0.00104. The summed E-state index contributed by atoms with van der Waals surface area (Å²) in [6.45, 7) is 6.82. The summed E-state index contributed by atoms with van der Waals surface area (Å²) in [6, 6.07) is 13.4. The van der Waals surface area contributed by atoms with Crippen molar-refractivity contribution in [3.63, 3.8) is 0 Å². The maximum absolute atomic E-state index is 14.0. The molecule has 0 saturated carbocycles. The highest BCUT2D eigenvalue weighted by molar-refractivity contribution is 6.31. The first kappa shape index (κ1) is 34.6. The van der Waals surface area contributed by atoms with Crippen molar-refractivity contribution >= 4 is 46.3 Å². The Morgan fingerprint density at radius 2 is 1.81 bits per heavy atom. The molecule has 5 rings (SSSR count). The van der Waals surface area contributed by atoms with Gasteiger partial charge in [-0.25, -0.2) is 23.9 Å². The molecule has 3 amide bonds. The number of carbonyl (C=O) groups is 3. The summed E-state index contributed by atoms with van der Waals surface area (Å²) in [4.78, 5) is 50.9. The van der Waals surface area contributed by atoms with Gasteiger partial charge in [0.2, 0.25) is 5.91 Å². The van der Waals surface area contributed by atoms with Crippen molar-refractivity contribution < 1.29 is 28.2 Å². The highest BCUT2D eigenvalue weighted by Gasteiger charge is 2.28. The van der Waals surface area contributed by atoms with Crippen LogP contribution < -0.4 is 5.32 Å². The van der Waals surface area contributed by atoms with Crippen molar-refractivity contribution in [1.29, 1.82) is 0 Å². The molecule has 0 spiro atoms. The van der Waals surface area contributed by atoms with E-state index in [0.29, 0.717) is 43.9 Å². The molecule has 0 saturated heterocycles. The number of aryl methyl sites for hydroxylation is 2. The van der Waals surface area contributed by atoms with Crippen LogP contribution in [0.25, 0.3) is 10.8 Å². The van der Waals surface area contributed by atoms with Gasteiger partial charge in [0.1, 0.15) is 29.7 Å². The van der Waals surface area contributed by atoms with Gasteiger partial charge < -0.3 is 23.8 Å². The topological polar surface area (TPSA) is 119 Å². The van der Waals surface area contributed by atoms with E-state index in [1.54, 1.807) is 47.4 Å². The standard InChI is InChI=1S/C35H40ClFN6O5/c1-35(2,3)48-34(46)42-16-17-43-27(21-42)20-39-30(43)14-13-26(41(4)31(44)15-12-23-10-7-11-28(37)32(23)36)22-47-33(45)40-29-18-24-8-5-6-9-25(24)19-38-29/h5-11,18-20,26H,12-17,21-22H2,1-4H3,(H,38,40,45)/t26-/m0/s1. The monoisotopic (exact) mass is 678 g/mol. The van der Waals surface area contributed by atoms with E-state index in [0.717, 1.165) is 22.3 Å². The number of nitrogens with zero attached hydrogens (tertiary/aromatic N) is 5. The van der Waals surface area contributed by atoms with Gasteiger partial charge >= 0.3 is 12.2 Å². The maximum Gasteiger partial charge on any atom is 0.412 e. The minimum Gasteiger partial charge on any atom is -0.447 e. The molecule has 4 aromatic rings. The van der Waals surface area contributed by atoms with Crippen LogP contribution in [0.1, 0.15) is 50.7 Å². The summed E-state index contributed by atoms with van der Waals surface area (Å²) >= 11 is 6.11. The summed E-state index contributed by atoms with van der Waals surface area (Å²) in [5.41, 5.74) is 0.832. The molecule has 11 nitrogen and oxygen atoms in total. The van der Waals surface area contributed by atoms with E-state index < -0.39 is 23.6 Å². The Morgan fingerprint density at radius 3 is 2.58 bits per heavy atom. The average molecular weight is 679 g/mol. The van der Waals surface area contributed by atoms with E-state index in [1.165, 1.54) is 6.07 Å². The van der Waals surface area contributed by atoms with Gasteiger partial charge in [0.15, 0.2) is 0 Å². The number of aromatic nitrogens is 3. The first-order chi connectivity index (χ1) is 22.9. The Morgan fingerprint density at radius 1 is 1.04 bits per heavy atom. The van der Waals surface area contributed by atoms with E-state index in [1.807, 2.05) is 45.0 Å². The van der Waals surface area contributed by atoms with Crippen LogP contribution in [0.15, 0.2) is 60.9 Å². The number of fused-ring (bicyclic) bond motifs is 2. The number of hydrogen-bond donors (Lipinski definition) is 1. The fourth-order valence-corrected chi connectivity index (χ4v) is 5.76. The van der Waals surface area contributed by atoms with Crippen LogP contribution in [0.2, 0.25) is 5.02 Å². The summed E-state index contributed by atoms with van der Waals surface area (Å²) in [7, 11) is 1.66. The van der Waals surface area contributed by atoms with E-state index >= 15 is 0 Å². The Labute approximate surface area is 284 Å². The molecule has 48 heavy (non-hydrogen) atoms. The second-order valence-corrected chi connectivity index (χ2v) is 13.1. The molecular weight excluding hydrogens is 639 g/mol. The average Bonchev–Trinajstić information content (AvgIpc) is 3.46. The van der Waals surface area contributed by atoms with Gasteiger partial charge in [-0.1, -0.05) is 48.0 Å². The lowest BCUT2D eigenvalue weighted by molar-refractivity contribution is -0.132. The van der Waals surface area contributed by atoms with Crippen LogP contribution >= 0.6 is 11.6 Å². The largest absolute Gasteiger partial charge is 0.447 e. The lowest BCUT2D eigenvalue weighted by Gasteiger charge is -2.31. The maximum atomic E-state index is 14.0. The molecule has 1 N–H and O–H groups in total. The van der Waals surface area contributed by atoms with Gasteiger partial charge in [0.05, 0.1) is 29.5 Å². The number of benzene rings is 2. The van der Waals surface area contributed by atoms with Crippen molar-refractivity contribution in [3.8, 4) is 0 Å². The summed E-state index contributed by atoms with van der Waals surface area (Å²) in [5, 5.41) is 4.53. The quantitative estimate of drug-likeness (QED) is 0.200. The Kier molecular flexibility index (Phi) is 10.8. The Hall–Kier alpha value is -4.71. The van der Waals surface area contributed by atoms with Gasteiger partial charge in [-0.2, -0.15) is 0 Å². The number of halogens is 2. The molecule has 0 fully saturated rings. The molecule has 1 atom stereocenters. The second-order valence-electron chi connectivity index (χ2n) is 12.8. The Bertz CT molecular complexity index is 1790. The lowest BCUT2D eigenvalue weighted by atomic mass is 10.1. The molecule has 2 aromatic carbocycles. The summed E-state index contributed by atoms with van der Waals surface area (Å²) in [5.74, 6) is 0.399. The van der Waals surface area contributed by atoms with Gasteiger partial charge in [0, 0.05) is 44.6 Å². The third kappa shape index (κ3) is 8.80. The number of carbonyl (C=O) groups excluding carboxylic acids is 3. The van der Waals surface area contributed by atoms with Crippen LogP contribution in [0.5, 0.6) is 0 Å². The van der Waals surface area contributed by atoms with Crippen LogP contribution in [-0.4, -0.2) is 74.3 Å². The Balaban J connectivity index is 1.24. The molecule has 0 radical (unpaired) electrons. The summed E-state index contributed by atoms with van der Waals surface area (Å²) in [6.07, 6.45) is 3.62. The first-order valence-corrected chi connectivity index (χ1v) is 16.2. The van der Waals surface area contributed by atoms with Crippen molar-refractivity contribution in [1.82, 2.24) is 24.3 Å². The molecule has 0 aliphatic carbocycles. The van der Waals surface area contributed by atoms with Crippen molar-refractivity contribution in [2.45, 2.75) is 71.2 Å². The highest BCUT2D eigenvalue weighted by Crippen LogP contribution is 2.23. The van der Waals surface area contributed by atoms with Gasteiger partial charge in [-0.3, -0.25) is 10.1 Å². The molecule has 1 aliphatic rings. The molecule has 0 unspecified atom stereocenters. The number of imidazole rings is 1. The molecule has 13 heteroatoms. The normalized spacial score (nSPS) is 13.5. The number of likely N-dealkylation sites (N-methyl/N-ethyl adjacent to an activating group) is 1. The zero-order valence-electron chi connectivity index (χ0n) is 27.5. The number of ether oxygens (including phenoxy) is 2. The summed E-state index contributed by atoms with van der Waals surface area (Å²) < 4.78 is 27.2. The SMILES string of the molecule is CN(C(=O)CCc1cccc(F)c1Cl)[C@@H](CCc1ncc2n1CCN(C(=O)OC(C)(C)C)C2)COC(=O)Nc1cc2ccccc2cn1. The zero-order valence-corrected chi connectivity index (χ0v) is 28.3.